The zero-order valence-corrected chi connectivity index (χ0v) is 17.6. The molecule has 3 rings (SSSR count). The molecule has 0 aromatic heterocycles. The van der Waals surface area contributed by atoms with Crippen LogP contribution in [0.15, 0.2) is 60.7 Å². The fourth-order valence-corrected chi connectivity index (χ4v) is 5.99. The van der Waals surface area contributed by atoms with Crippen molar-refractivity contribution in [2.45, 2.75) is 52.7 Å². The highest BCUT2D eigenvalue weighted by molar-refractivity contribution is 7.65. The van der Waals surface area contributed by atoms with Crippen LogP contribution in [-0.2, 0) is 15.6 Å². The molecule has 1 fully saturated rings. The summed E-state index contributed by atoms with van der Waals surface area (Å²) in [7, 11) is -3.16. The molecule has 0 saturated heterocycles. The van der Waals surface area contributed by atoms with Crippen LogP contribution >= 0.6 is 7.52 Å². The lowest BCUT2D eigenvalue weighted by Crippen LogP contribution is -2.36. The fraction of sp³-hybridized carbons (Fsp3) is 0.478. The Morgan fingerprint density at radius 2 is 1.67 bits per heavy atom. The van der Waals surface area contributed by atoms with Crippen molar-refractivity contribution in [1.29, 1.82) is 0 Å². The van der Waals surface area contributed by atoms with Crippen molar-refractivity contribution in [3.63, 3.8) is 0 Å². The van der Waals surface area contributed by atoms with Crippen molar-refractivity contribution in [1.82, 2.24) is 5.09 Å². The van der Waals surface area contributed by atoms with Gasteiger partial charge in [0.15, 0.2) is 0 Å². The van der Waals surface area contributed by atoms with E-state index in [1.54, 1.807) is 0 Å². The standard InChI is InChI=1S/C23H32NO2P/c1-18(2)22-15-14-19(3)16-23(22)26-27(25,21-12-8-5-9-13-21)24-17-20-10-6-4-7-11-20/h4-13,18-19,22-23H,14-17H2,1-3H3,(H,24,25)/t19-,22-,23-,27+/m1/s1. The van der Waals surface area contributed by atoms with Crippen molar-refractivity contribution >= 4 is 12.8 Å². The quantitative estimate of drug-likeness (QED) is 0.615. The minimum Gasteiger partial charge on any atom is -0.311 e. The summed E-state index contributed by atoms with van der Waals surface area (Å²) in [6.07, 6.45) is 3.39. The monoisotopic (exact) mass is 385 g/mol. The summed E-state index contributed by atoms with van der Waals surface area (Å²) in [4.78, 5) is 0. The molecule has 27 heavy (non-hydrogen) atoms. The topological polar surface area (TPSA) is 38.3 Å². The third-order valence-corrected chi connectivity index (χ3v) is 7.80. The highest BCUT2D eigenvalue weighted by Crippen LogP contribution is 2.48. The molecule has 2 aromatic carbocycles. The summed E-state index contributed by atoms with van der Waals surface area (Å²) in [5.41, 5.74) is 1.11. The molecule has 0 amide bonds. The minimum absolute atomic E-state index is 0.0306. The van der Waals surface area contributed by atoms with E-state index < -0.39 is 7.52 Å². The molecule has 1 aliphatic carbocycles. The van der Waals surface area contributed by atoms with Gasteiger partial charge in [-0.25, -0.2) is 5.09 Å². The number of hydrogen-bond acceptors (Lipinski definition) is 2. The predicted molar refractivity (Wildman–Crippen MR) is 113 cm³/mol. The van der Waals surface area contributed by atoms with E-state index in [1.165, 1.54) is 6.42 Å². The predicted octanol–water partition coefficient (Wildman–Crippen LogP) is 5.77. The number of benzene rings is 2. The van der Waals surface area contributed by atoms with E-state index in [-0.39, 0.29) is 6.10 Å². The van der Waals surface area contributed by atoms with E-state index in [0.29, 0.717) is 24.3 Å². The van der Waals surface area contributed by atoms with Crippen LogP contribution in [0.2, 0.25) is 0 Å². The third-order valence-electron chi connectivity index (χ3n) is 5.68. The maximum Gasteiger partial charge on any atom is 0.300 e. The lowest BCUT2D eigenvalue weighted by molar-refractivity contribution is 0.0483. The SMILES string of the molecule is CC(C)[C@H]1CC[C@@H](C)C[C@H]1O[P@](=O)(NCc1ccccc1)c1ccccc1. The molecule has 146 valence electrons. The second kappa shape index (κ2) is 9.19. The van der Waals surface area contributed by atoms with Gasteiger partial charge in [-0.1, -0.05) is 75.7 Å². The van der Waals surface area contributed by atoms with Gasteiger partial charge in [0.05, 0.1) is 11.4 Å². The molecule has 0 heterocycles. The Hall–Kier alpha value is -1.41. The first-order chi connectivity index (χ1) is 13.0. The summed E-state index contributed by atoms with van der Waals surface area (Å²) in [6, 6.07) is 19.7. The van der Waals surface area contributed by atoms with Crippen LogP contribution in [0, 0.1) is 17.8 Å². The Kier molecular flexibility index (Phi) is 6.92. The van der Waals surface area contributed by atoms with Crippen LogP contribution in [-0.4, -0.2) is 6.10 Å². The van der Waals surface area contributed by atoms with Crippen LogP contribution in [0.1, 0.15) is 45.6 Å². The summed E-state index contributed by atoms with van der Waals surface area (Å²) in [5, 5.41) is 4.04. The van der Waals surface area contributed by atoms with Gasteiger partial charge in [0, 0.05) is 6.54 Å². The maximum atomic E-state index is 14.0. The first-order valence-electron chi connectivity index (χ1n) is 10.1. The molecule has 0 bridgehead atoms. The van der Waals surface area contributed by atoms with Gasteiger partial charge in [0.25, 0.3) is 7.52 Å². The van der Waals surface area contributed by atoms with E-state index in [2.05, 4.69) is 25.9 Å². The van der Waals surface area contributed by atoms with Crippen molar-refractivity contribution in [2.75, 3.05) is 0 Å². The summed E-state index contributed by atoms with van der Waals surface area (Å²) in [5.74, 6) is 1.60. The van der Waals surface area contributed by atoms with E-state index in [1.807, 2.05) is 60.7 Å². The fourth-order valence-electron chi connectivity index (χ4n) is 4.03. The van der Waals surface area contributed by atoms with Crippen LogP contribution in [0.4, 0.5) is 0 Å². The van der Waals surface area contributed by atoms with Crippen LogP contribution < -0.4 is 10.4 Å². The van der Waals surface area contributed by atoms with Crippen molar-refractivity contribution in [3.8, 4) is 0 Å². The molecule has 0 unspecified atom stereocenters. The van der Waals surface area contributed by atoms with Gasteiger partial charge in [-0.05, 0) is 48.3 Å². The summed E-state index contributed by atoms with van der Waals surface area (Å²) < 4.78 is 20.5. The molecular formula is C23H32NO2P. The highest BCUT2D eigenvalue weighted by atomic mass is 31.2. The molecule has 0 spiro atoms. The lowest BCUT2D eigenvalue weighted by atomic mass is 9.75. The van der Waals surface area contributed by atoms with Gasteiger partial charge in [-0.2, -0.15) is 0 Å². The summed E-state index contributed by atoms with van der Waals surface area (Å²) >= 11 is 0. The van der Waals surface area contributed by atoms with E-state index >= 15 is 0 Å². The first kappa shape index (κ1) is 20.3. The zero-order chi connectivity index (χ0) is 19.3. The minimum atomic E-state index is -3.16. The number of nitrogens with one attached hydrogen (secondary N) is 1. The second-order valence-electron chi connectivity index (χ2n) is 8.18. The Balaban J connectivity index is 1.84. The lowest BCUT2D eigenvalue weighted by Gasteiger charge is -2.39. The van der Waals surface area contributed by atoms with Gasteiger partial charge in [-0.15, -0.1) is 0 Å². The normalized spacial score (nSPS) is 25.3. The molecule has 3 nitrogen and oxygen atoms in total. The third kappa shape index (κ3) is 5.31. The Labute approximate surface area is 164 Å². The molecule has 1 aliphatic rings. The molecule has 4 heteroatoms. The molecule has 2 aromatic rings. The van der Waals surface area contributed by atoms with Crippen molar-refractivity contribution in [2.24, 2.45) is 17.8 Å². The highest BCUT2D eigenvalue weighted by Gasteiger charge is 2.37. The van der Waals surface area contributed by atoms with Crippen molar-refractivity contribution in [3.05, 3.63) is 66.2 Å². The van der Waals surface area contributed by atoms with Gasteiger partial charge in [0.2, 0.25) is 0 Å². The van der Waals surface area contributed by atoms with Crippen LogP contribution in [0.5, 0.6) is 0 Å². The second-order valence-corrected chi connectivity index (χ2v) is 10.3. The van der Waals surface area contributed by atoms with Gasteiger partial charge < -0.3 is 4.52 Å². The molecule has 0 aliphatic heterocycles. The molecule has 1 saturated carbocycles. The van der Waals surface area contributed by atoms with E-state index in [0.717, 1.165) is 23.7 Å². The van der Waals surface area contributed by atoms with Gasteiger partial charge >= 0.3 is 0 Å². The van der Waals surface area contributed by atoms with Gasteiger partial charge in [0.1, 0.15) is 0 Å². The largest absolute Gasteiger partial charge is 0.311 e. The number of hydrogen-bond donors (Lipinski definition) is 1. The molecule has 1 N–H and O–H groups in total. The van der Waals surface area contributed by atoms with E-state index in [9.17, 15) is 4.57 Å². The van der Waals surface area contributed by atoms with Gasteiger partial charge in [-0.3, -0.25) is 4.57 Å². The Morgan fingerprint density at radius 3 is 2.30 bits per heavy atom. The van der Waals surface area contributed by atoms with Crippen LogP contribution in [0.25, 0.3) is 0 Å². The Bertz CT molecular complexity index is 747. The molecular weight excluding hydrogens is 353 g/mol. The van der Waals surface area contributed by atoms with Crippen LogP contribution in [0.3, 0.4) is 0 Å². The smallest absolute Gasteiger partial charge is 0.300 e. The Morgan fingerprint density at radius 1 is 1.04 bits per heavy atom. The van der Waals surface area contributed by atoms with E-state index in [4.69, 9.17) is 4.52 Å². The molecule has 0 radical (unpaired) electrons. The molecule has 4 atom stereocenters. The average Bonchev–Trinajstić information content (AvgIpc) is 2.68. The van der Waals surface area contributed by atoms with Crippen molar-refractivity contribution < 1.29 is 9.09 Å². The zero-order valence-electron chi connectivity index (χ0n) is 16.7. The average molecular weight is 385 g/mol. The summed E-state index contributed by atoms with van der Waals surface area (Å²) in [6.45, 7) is 7.31. The number of rotatable bonds is 7. The maximum absolute atomic E-state index is 14.0. The first-order valence-corrected chi connectivity index (χ1v) is 11.7.